The highest BCUT2D eigenvalue weighted by Crippen LogP contribution is 2.21. The van der Waals surface area contributed by atoms with E-state index in [9.17, 15) is 0 Å². The van der Waals surface area contributed by atoms with Crippen molar-refractivity contribution in [2.75, 3.05) is 18.0 Å². The normalized spacial score (nSPS) is 20.8. The Hall–Kier alpha value is -1.58. The summed E-state index contributed by atoms with van der Waals surface area (Å²) in [5.41, 5.74) is 1.20. The average Bonchev–Trinajstić information content (AvgIpc) is 2.55. The van der Waals surface area contributed by atoms with Crippen LogP contribution in [-0.4, -0.2) is 29.9 Å². The van der Waals surface area contributed by atoms with Crippen molar-refractivity contribution in [3.63, 3.8) is 0 Å². The van der Waals surface area contributed by atoms with E-state index in [4.69, 9.17) is 4.84 Å². The van der Waals surface area contributed by atoms with E-state index in [0.717, 1.165) is 31.7 Å². The van der Waals surface area contributed by atoms with Gasteiger partial charge in [0.2, 0.25) is 0 Å². The van der Waals surface area contributed by atoms with Crippen molar-refractivity contribution < 1.29 is 4.84 Å². The molecule has 1 aromatic rings. The van der Waals surface area contributed by atoms with Gasteiger partial charge in [0.15, 0.2) is 0 Å². The summed E-state index contributed by atoms with van der Waals surface area (Å²) in [5, 5.41) is 4.40. The zero-order valence-corrected chi connectivity index (χ0v) is 11.9. The van der Waals surface area contributed by atoms with Crippen LogP contribution in [0.2, 0.25) is 0 Å². The van der Waals surface area contributed by atoms with Gasteiger partial charge < -0.3 is 9.74 Å². The maximum atomic E-state index is 5.71. The van der Waals surface area contributed by atoms with Crippen LogP contribution in [-0.2, 0) is 4.84 Å². The smallest absolute Gasteiger partial charge is 0.128 e. The topological polar surface area (TPSA) is 37.7 Å². The van der Waals surface area contributed by atoms with Gasteiger partial charge >= 0.3 is 0 Å². The predicted octanol–water partition coefficient (Wildman–Crippen LogP) is 3.19. The lowest BCUT2D eigenvalue weighted by Crippen LogP contribution is -2.34. The van der Waals surface area contributed by atoms with Crippen LogP contribution in [0.3, 0.4) is 0 Å². The molecular weight excluding hydrogens is 250 g/mol. The quantitative estimate of drug-likeness (QED) is 0.793. The summed E-state index contributed by atoms with van der Waals surface area (Å²) in [7, 11) is 0. The van der Waals surface area contributed by atoms with Gasteiger partial charge in [-0.15, -0.1) is 0 Å². The van der Waals surface area contributed by atoms with E-state index < -0.39 is 0 Å². The molecule has 4 heteroatoms. The molecule has 0 unspecified atom stereocenters. The van der Waals surface area contributed by atoms with E-state index in [1.807, 2.05) is 12.1 Å². The zero-order valence-electron chi connectivity index (χ0n) is 11.9. The first kappa shape index (κ1) is 13.4. The fourth-order valence-corrected chi connectivity index (χ4v) is 2.90. The molecule has 1 aliphatic heterocycles. The van der Waals surface area contributed by atoms with Crippen LogP contribution in [0.4, 0.5) is 5.82 Å². The predicted molar refractivity (Wildman–Crippen MR) is 79.9 cm³/mol. The minimum atomic E-state index is 0.362. The van der Waals surface area contributed by atoms with Crippen molar-refractivity contribution in [3.8, 4) is 0 Å². The molecule has 20 heavy (non-hydrogen) atoms. The van der Waals surface area contributed by atoms with Crippen LogP contribution in [0, 0.1) is 6.07 Å². The first-order chi connectivity index (χ1) is 9.92. The van der Waals surface area contributed by atoms with E-state index in [1.54, 1.807) is 6.20 Å². The third kappa shape index (κ3) is 3.50. The Morgan fingerprint density at radius 3 is 2.70 bits per heavy atom. The average molecular weight is 272 g/mol. The lowest BCUT2D eigenvalue weighted by atomic mass is 9.98. The second kappa shape index (κ2) is 6.73. The second-order valence-electron chi connectivity index (χ2n) is 5.63. The molecule has 1 aromatic heterocycles. The molecule has 107 valence electrons. The zero-order chi connectivity index (χ0) is 13.6. The Balaban J connectivity index is 1.48. The Morgan fingerprint density at radius 1 is 1.20 bits per heavy atom. The van der Waals surface area contributed by atoms with Gasteiger partial charge in [0, 0.05) is 38.2 Å². The molecule has 0 spiro atoms. The van der Waals surface area contributed by atoms with E-state index in [2.05, 4.69) is 21.1 Å². The van der Waals surface area contributed by atoms with Crippen molar-refractivity contribution in [2.24, 2.45) is 5.16 Å². The van der Waals surface area contributed by atoms with Gasteiger partial charge in [0.1, 0.15) is 11.9 Å². The van der Waals surface area contributed by atoms with E-state index in [-0.39, 0.29) is 0 Å². The van der Waals surface area contributed by atoms with Crippen molar-refractivity contribution in [1.29, 1.82) is 0 Å². The number of oxime groups is 1. The summed E-state index contributed by atoms with van der Waals surface area (Å²) in [6.07, 6.45) is 10.3. The second-order valence-corrected chi connectivity index (χ2v) is 5.63. The number of nitrogens with zero attached hydrogens (tertiary/aromatic N) is 3. The standard InChI is InChI=1S/C16H22N3O/c1-2-6-15(7-3-1)20-18-14-9-12-19(13-10-14)16-8-4-5-11-17-16/h4,8,11,15H,1-3,6-7,9-10,12-13H2. The molecule has 0 N–H and O–H groups in total. The molecule has 0 amide bonds. The van der Waals surface area contributed by atoms with Gasteiger partial charge in [0.05, 0.1) is 5.71 Å². The minimum Gasteiger partial charge on any atom is -0.393 e. The van der Waals surface area contributed by atoms with Gasteiger partial charge in [-0.25, -0.2) is 4.98 Å². The Morgan fingerprint density at radius 2 is 2.00 bits per heavy atom. The molecule has 0 bridgehead atoms. The molecule has 1 saturated carbocycles. The van der Waals surface area contributed by atoms with Crippen LogP contribution in [0.25, 0.3) is 0 Å². The number of pyridine rings is 1. The van der Waals surface area contributed by atoms with Crippen LogP contribution < -0.4 is 4.90 Å². The number of hydrogen-bond acceptors (Lipinski definition) is 4. The Labute approximate surface area is 120 Å². The highest BCUT2D eigenvalue weighted by Gasteiger charge is 2.18. The van der Waals surface area contributed by atoms with Crippen molar-refractivity contribution in [2.45, 2.75) is 51.0 Å². The van der Waals surface area contributed by atoms with Gasteiger partial charge in [-0.1, -0.05) is 11.6 Å². The lowest BCUT2D eigenvalue weighted by molar-refractivity contribution is 0.0321. The number of hydrogen-bond donors (Lipinski definition) is 0. The van der Waals surface area contributed by atoms with Crippen LogP contribution in [0.5, 0.6) is 0 Å². The Kier molecular flexibility index (Phi) is 4.51. The molecule has 0 aromatic carbocycles. The van der Waals surface area contributed by atoms with Crippen molar-refractivity contribution in [1.82, 2.24) is 4.98 Å². The molecule has 1 radical (unpaired) electrons. The van der Waals surface area contributed by atoms with Gasteiger partial charge in [-0.3, -0.25) is 0 Å². The summed E-state index contributed by atoms with van der Waals surface area (Å²) >= 11 is 0. The largest absolute Gasteiger partial charge is 0.393 e. The van der Waals surface area contributed by atoms with Crippen LogP contribution in [0.1, 0.15) is 44.9 Å². The third-order valence-corrected chi connectivity index (χ3v) is 4.15. The molecule has 4 nitrogen and oxygen atoms in total. The van der Waals surface area contributed by atoms with Crippen LogP contribution >= 0.6 is 0 Å². The van der Waals surface area contributed by atoms with E-state index >= 15 is 0 Å². The summed E-state index contributed by atoms with van der Waals surface area (Å²) in [4.78, 5) is 12.4. The van der Waals surface area contributed by atoms with Gasteiger partial charge in [-0.2, -0.15) is 0 Å². The number of piperidine rings is 1. The number of anilines is 1. The molecule has 2 aliphatic rings. The summed E-state index contributed by atoms with van der Waals surface area (Å²) in [6.45, 7) is 1.95. The third-order valence-electron chi connectivity index (χ3n) is 4.15. The molecule has 3 rings (SSSR count). The fraction of sp³-hybridized carbons (Fsp3) is 0.625. The highest BCUT2D eigenvalue weighted by atomic mass is 16.6. The lowest BCUT2D eigenvalue weighted by Gasteiger charge is -2.28. The summed E-state index contributed by atoms with van der Waals surface area (Å²) in [5.74, 6) is 1.04. The number of aromatic nitrogens is 1. The van der Waals surface area contributed by atoms with Gasteiger partial charge in [-0.05, 0) is 37.8 Å². The molecule has 2 heterocycles. The van der Waals surface area contributed by atoms with Crippen LogP contribution in [0.15, 0.2) is 23.5 Å². The van der Waals surface area contributed by atoms with E-state index in [0.29, 0.717) is 6.10 Å². The SMILES string of the molecule is [c]1ccc(N2CCC(=NOC3CCCCC3)CC2)nc1. The molecule has 0 atom stereocenters. The van der Waals surface area contributed by atoms with Crippen molar-refractivity contribution in [3.05, 3.63) is 24.4 Å². The maximum Gasteiger partial charge on any atom is 0.128 e. The highest BCUT2D eigenvalue weighted by molar-refractivity contribution is 5.86. The van der Waals surface area contributed by atoms with Crippen molar-refractivity contribution >= 4 is 11.5 Å². The molecule has 1 saturated heterocycles. The summed E-state index contributed by atoms with van der Waals surface area (Å²) < 4.78 is 0. The molecular formula is C16H22N3O. The maximum absolute atomic E-state index is 5.71. The molecule has 2 fully saturated rings. The van der Waals surface area contributed by atoms with Gasteiger partial charge in [0.25, 0.3) is 0 Å². The molecule has 1 aliphatic carbocycles. The van der Waals surface area contributed by atoms with E-state index in [1.165, 1.54) is 37.8 Å². The minimum absolute atomic E-state index is 0.362. The fourth-order valence-electron chi connectivity index (χ4n) is 2.90. The monoisotopic (exact) mass is 272 g/mol. The first-order valence-electron chi connectivity index (χ1n) is 7.70. The number of rotatable bonds is 3. The first-order valence-corrected chi connectivity index (χ1v) is 7.70. The summed E-state index contributed by atoms with van der Waals surface area (Å²) in [6, 6.07) is 6.89. The Bertz CT molecular complexity index is 430.